The molecule has 2 aliphatic rings. The van der Waals surface area contributed by atoms with Gasteiger partial charge in [0.15, 0.2) is 5.60 Å². The Morgan fingerprint density at radius 1 is 1.14 bits per heavy atom. The smallest absolute Gasteiger partial charge is 0.266 e. The number of carbonyl (C=O) groups is 3. The molecule has 0 saturated carbocycles. The van der Waals surface area contributed by atoms with Gasteiger partial charge < -0.3 is 24.4 Å². The zero-order chi connectivity index (χ0) is 31.1. The average molecular weight is 610 g/mol. The lowest BCUT2D eigenvalue weighted by Gasteiger charge is -2.30. The lowest BCUT2D eigenvalue weighted by molar-refractivity contribution is -0.144. The first-order valence-corrected chi connectivity index (χ1v) is 14.6. The third-order valence-electron chi connectivity index (χ3n) is 8.04. The summed E-state index contributed by atoms with van der Waals surface area (Å²) in [5, 5.41) is 12.1. The van der Waals surface area contributed by atoms with Crippen LogP contribution in [0.5, 0.6) is 5.75 Å². The Bertz CT molecular complexity index is 1610. The highest BCUT2D eigenvalue weighted by molar-refractivity contribution is 6.32. The quantitative estimate of drug-likeness (QED) is 0.482. The second kappa shape index (κ2) is 11.8. The number of fused-ring (bicyclic) bond motifs is 6. The molecule has 3 amide bonds. The number of rotatable bonds is 3. The molecule has 4 bridgehead atoms. The van der Waals surface area contributed by atoms with Crippen LogP contribution in [0.1, 0.15) is 53.5 Å². The van der Waals surface area contributed by atoms with E-state index < -0.39 is 17.1 Å². The molecule has 2 aromatic heterocycles. The van der Waals surface area contributed by atoms with Crippen molar-refractivity contribution in [2.75, 3.05) is 33.2 Å². The molecule has 3 aromatic rings. The molecule has 1 N–H and O–H groups in total. The van der Waals surface area contributed by atoms with Crippen molar-refractivity contribution in [3.63, 3.8) is 0 Å². The number of hydrogen-bond donors (Lipinski definition) is 1. The summed E-state index contributed by atoms with van der Waals surface area (Å²) in [6.07, 6.45) is 3.48. The second-order valence-electron chi connectivity index (χ2n) is 11.8. The fourth-order valence-electron chi connectivity index (χ4n) is 5.73. The topological polar surface area (TPSA) is 132 Å². The number of aromatic nitrogens is 4. The molecule has 43 heavy (non-hydrogen) atoms. The van der Waals surface area contributed by atoms with Gasteiger partial charge in [-0.1, -0.05) is 16.8 Å². The van der Waals surface area contributed by atoms with Gasteiger partial charge in [0.2, 0.25) is 5.91 Å². The van der Waals surface area contributed by atoms with Crippen LogP contribution in [0.2, 0.25) is 5.02 Å². The molecule has 0 unspecified atom stereocenters. The van der Waals surface area contributed by atoms with Crippen LogP contribution in [0.15, 0.2) is 41.5 Å². The highest BCUT2D eigenvalue weighted by atomic mass is 35.5. The van der Waals surface area contributed by atoms with Gasteiger partial charge in [0.25, 0.3) is 17.4 Å². The first-order chi connectivity index (χ1) is 20.3. The number of pyridine rings is 1. The number of benzene rings is 1. The molecule has 12 nitrogen and oxygen atoms in total. The van der Waals surface area contributed by atoms with Crippen LogP contribution in [0.3, 0.4) is 0 Å². The van der Waals surface area contributed by atoms with E-state index in [1.165, 1.54) is 15.5 Å². The number of nitrogens with one attached hydrogen (secondary N) is 1. The summed E-state index contributed by atoms with van der Waals surface area (Å²) in [5.41, 5.74) is 0.629. The Labute approximate surface area is 254 Å². The Kier molecular flexibility index (Phi) is 8.33. The summed E-state index contributed by atoms with van der Waals surface area (Å²) in [5.74, 6) is -0.566. The molecule has 1 aromatic carbocycles. The average Bonchev–Trinajstić information content (AvgIpc) is 3.58. The van der Waals surface area contributed by atoms with Crippen LogP contribution < -0.4 is 15.6 Å². The number of halogens is 1. The molecule has 0 spiro atoms. The molecule has 2 atom stereocenters. The maximum absolute atomic E-state index is 13.8. The van der Waals surface area contributed by atoms with Crippen molar-refractivity contribution < 1.29 is 19.1 Å². The number of amides is 3. The summed E-state index contributed by atoms with van der Waals surface area (Å²) < 4.78 is 9.28. The lowest BCUT2D eigenvalue weighted by Crippen LogP contribution is -2.48. The van der Waals surface area contributed by atoms with Crippen molar-refractivity contribution in [3.05, 3.63) is 74.4 Å². The molecule has 1 fully saturated rings. The fraction of sp³-hybridized carbons (Fsp3) is 0.467. The zero-order valence-corrected chi connectivity index (χ0v) is 25.7. The number of nitrogens with zero attached hydrogens (tertiary/aromatic N) is 6. The fourth-order valence-corrected chi connectivity index (χ4v) is 5.84. The number of likely N-dealkylation sites (tertiary alicyclic amines) is 1. The van der Waals surface area contributed by atoms with Crippen LogP contribution in [0.25, 0.3) is 0 Å². The van der Waals surface area contributed by atoms with Crippen molar-refractivity contribution in [1.82, 2.24) is 34.7 Å². The highest BCUT2D eigenvalue weighted by Crippen LogP contribution is 2.34. The van der Waals surface area contributed by atoms with Crippen molar-refractivity contribution in [2.24, 2.45) is 5.92 Å². The summed E-state index contributed by atoms with van der Waals surface area (Å²) in [4.78, 5) is 56.0. The van der Waals surface area contributed by atoms with Crippen molar-refractivity contribution in [2.45, 2.75) is 52.3 Å². The maximum atomic E-state index is 13.8. The molecule has 228 valence electrons. The van der Waals surface area contributed by atoms with Gasteiger partial charge in [0.05, 0.1) is 18.8 Å². The normalized spacial score (nSPS) is 19.7. The monoisotopic (exact) mass is 609 g/mol. The molecular weight excluding hydrogens is 574 g/mol. The van der Waals surface area contributed by atoms with Gasteiger partial charge in [-0.3, -0.25) is 19.2 Å². The molecule has 13 heteroatoms. The van der Waals surface area contributed by atoms with Crippen LogP contribution in [0.4, 0.5) is 0 Å². The minimum atomic E-state index is -1.19. The van der Waals surface area contributed by atoms with E-state index in [9.17, 15) is 19.2 Å². The molecule has 0 aliphatic carbocycles. The van der Waals surface area contributed by atoms with Gasteiger partial charge in [-0.05, 0) is 63.1 Å². The van der Waals surface area contributed by atoms with Crippen LogP contribution in [-0.4, -0.2) is 85.9 Å². The highest BCUT2D eigenvalue weighted by Gasteiger charge is 2.43. The van der Waals surface area contributed by atoms with E-state index in [1.807, 2.05) is 26.0 Å². The number of hydrogen-bond acceptors (Lipinski definition) is 7. The van der Waals surface area contributed by atoms with Crippen molar-refractivity contribution in [1.29, 1.82) is 0 Å². The third kappa shape index (κ3) is 6.29. The first-order valence-electron chi connectivity index (χ1n) is 14.2. The Balaban J connectivity index is 1.41. The van der Waals surface area contributed by atoms with E-state index in [2.05, 4.69) is 15.6 Å². The van der Waals surface area contributed by atoms with E-state index in [0.717, 1.165) is 11.1 Å². The first kappa shape index (κ1) is 30.3. The third-order valence-corrected chi connectivity index (χ3v) is 8.63. The van der Waals surface area contributed by atoms with E-state index in [0.29, 0.717) is 29.6 Å². The molecule has 5 rings (SSSR count). The Morgan fingerprint density at radius 2 is 1.86 bits per heavy atom. The Morgan fingerprint density at radius 3 is 2.58 bits per heavy atom. The van der Waals surface area contributed by atoms with Gasteiger partial charge in [-0.2, -0.15) is 0 Å². The van der Waals surface area contributed by atoms with Gasteiger partial charge in [0.1, 0.15) is 17.0 Å². The van der Waals surface area contributed by atoms with Crippen LogP contribution in [-0.2, 0) is 16.1 Å². The van der Waals surface area contributed by atoms with Crippen molar-refractivity contribution in [3.8, 4) is 5.75 Å². The number of carbonyl (C=O) groups excluding carboxylic acids is 3. The maximum Gasteiger partial charge on any atom is 0.266 e. The minimum Gasteiger partial charge on any atom is -0.478 e. The second-order valence-corrected chi connectivity index (χ2v) is 12.2. The SMILES string of the molecule is Cc1cc(OC(C)(C)C(=O)N2C[C@@H]3CC(=O)NCCN(C)C(=O)c4cccn(c4=O)Cc4cn(nn4)[C@@H]3C2)cc(C)c1Cl. The van der Waals surface area contributed by atoms with E-state index >= 15 is 0 Å². The molecular formula is C30H36ClN7O5. The summed E-state index contributed by atoms with van der Waals surface area (Å²) in [6.45, 7) is 8.41. The van der Waals surface area contributed by atoms with Crippen molar-refractivity contribution >= 4 is 29.3 Å². The number of aryl methyl sites for hydroxylation is 2. The lowest BCUT2D eigenvalue weighted by atomic mass is 9.99. The molecule has 0 radical (unpaired) electrons. The number of likely N-dealkylation sites (N-methyl/N-ethyl adjacent to an activating group) is 1. The van der Waals surface area contributed by atoms with E-state index in [1.54, 1.807) is 48.9 Å². The largest absolute Gasteiger partial charge is 0.478 e. The Hall–Kier alpha value is -4.19. The minimum absolute atomic E-state index is 0.0366. The summed E-state index contributed by atoms with van der Waals surface area (Å²) >= 11 is 6.32. The van der Waals surface area contributed by atoms with Crippen LogP contribution in [0, 0.1) is 19.8 Å². The number of ether oxygens (including phenoxy) is 1. The van der Waals surface area contributed by atoms with Crippen LogP contribution >= 0.6 is 11.6 Å². The molecule has 2 aliphatic heterocycles. The molecule has 4 heterocycles. The molecule has 1 saturated heterocycles. The van der Waals surface area contributed by atoms with Gasteiger partial charge in [-0.25, -0.2) is 4.68 Å². The van der Waals surface area contributed by atoms with Gasteiger partial charge >= 0.3 is 0 Å². The predicted molar refractivity (Wildman–Crippen MR) is 159 cm³/mol. The summed E-state index contributed by atoms with van der Waals surface area (Å²) in [6, 6.07) is 6.43. The van der Waals surface area contributed by atoms with E-state index in [-0.39, 0.29) is 55.4 Å². The summed E-state index contributed by atoms with van der Waals surface area (Å²) in [7, 11) is 1.59. The zero-order valence-electron chi connectivity index (χ0n) is 25.0. The standard InChI is InChI=1S/C30H36ClN7O5/c1-18-11-22(12-19(2)26(18)31)43-30(3,4)29(42)37-14-20-13-25(39)32-8-10-35(5)27(40)23-7-6-9-36(28(23)41)15-21-16-38(34-33-21)24(20)17-37/h6-7,9,11-12,16,20,24H,8,10,13-15,17H2,1-5H3,(H,32,39)/t20-,24+/m0/s1. The predicted octanol–water partition coefficient (Wildman–Crippen LogP) is 2.21. The van der Waals surface area contributed by atoms with E-state index in [4.69, 9.17) is 16.3 Å². The van der Waals surface area contributed by atoms with Gasteiger partial charge in [0, 0.05) is 56.8 Å². The van der Waals surface area contributed by atoms with Gasteiger partial charge in [-0.15, -0.1) is 5.10 Å².